The van der Waals surface area contributed by atoms with Crippen molar-refractivity contribution in [2.75, 3.05) is 7.11 Å². The molecule has 1 aromatic rings. The zero-order chi connectivity index (χ0) is 16.5. The second-order valence-electron chi connectivity index (χ2n) is 4.50. The molecule has 1 aliphatic heterocycles. The van der Waals surface area contributed by atoms with Gasteiger partial charge in [-0.25, -0.2) is 4.99 Å². The maximum absolute atomic E-state index is 12.8. The van der Waals surface area contributed by atoms with Crippen molar-refractivity contribution in [1.82, 2.24) is 0 Å². The van der Waals surface area contributed by atoms with E-state index in [-0.39, 0.29) is 5.56 Å². The molecule has 0 saturated carbocycles. The third-order valence-electron chi connectivity index (χ3n) is 3.20. The van der Waals surface area contributed by atoms with Crippen LogP contribution in [-0.2, 0) is 25.9 Å². The average molecular weight is 313 g/mol. The summed E-state index contributed by atoms with van der Waals surface area (Å²) in [6.45, 7) is 0. The van der Waals surface area contributed by atoms with Crippen molar-refractivity contribution < 1.29 is 32.6 Å². The zero-order valence-corrected chi connectivity index (χ0v) is 11.2. The van der Waals surface area contributed by atoms with Crippen LogP contribution in [0.15, 0.2) is 41.1 Å². The van der Waals surface area contributed by atoms with Gasteiger partial charge in [0.2, 0.25) is 0 Å². The minimum Gasteiger partial charge on any atom is -0.510 e. The van der Waals surface area contributed by atoms with Gasteiger partial charge in [-0.1, -0.05) is 12.1 Å². The Morgan fingerprint density at radius 2 is 2.05 bits per heavy atom. The summed E-state index contributed by atoms with van der Waals surface area (Å²) in [5.74, 6) is -2.64. The highest BCUT2D eigenvalue weighted by molar-refractivity contribution is 6.12. The largest absolute Gasteiger partial charge is 0.510 e. The van der Waals surface area contributed by atoms with Crippen molar-refractivity contribution in [1.29, 1.82) is 0 Å². The van der Waals surface area contributed by atoms with Crippen LogP contribution in [-0.4, -0.2) is 30.3 Å². The smallest absolute Gasteiger partial charge is 0.416 e. The Balaban J connectivity index is 2.67. The fourth-order valence-electron chi connectivity index (χ4n) is 2.09. The van der Waals surface area contributed by atoms with Crippen LogP contribution in [0.1, 0.15) is 11.1 Å². The van der Waals surface area contributed by atoms with Gasteiger partial charge in [-0.3, -0.25) is 9.59 Å². The highest BCUT2D eigenvalue weighted by atomic mass is 19.4. The number of ether oxygens (including phenoxy) is 1. The number of esters is 1. The first-order valence-electron chi connectivity index (χ1n) is 5.98. The summed E-state index contributed by atoms with van der Waals surface area (Å²) in [4.78, 5) is 26.6. The summed E-state index contributed by atoms with van der Waals surface area (Å²) >= 11 is 0. The van der Waals surface area contributed by atoms with E-state index in [0.717, 1.165) is 25.5 Å². The maximum atomic E-state index is 12.8. The van der Waals surface area contributed by atoms with Gasteiger partial charge in [0.25, 0.3) is 5.91 Å². The summed E-state index contributed by atoms with van der Waals surface area (Å²) < 4.78 is 43.0. The van der Waals surface area contributed by atoms with Crippen molar-refractivity contribution >= 4 is 18.1 Å². The Hall–Kier alpha value is -2.64. The second-order valence-corrected chi connectivity index (χ2v) is 4.50. The summed E-state index contributed by atoms with van der Waals surface area (Å²) in [6.07, 6.45) is -3.18. The van der Waals surface area contributed by atoms with E-state index in [1.165, 1.54) is 6.07 Å². The fourth-order valence-corrected chi connectivity index (χ4v) is 2.09. The van der Waals surface area contributed by atoms with Crippen LogP contribution in [0.25, 0.3) is 0 Å². The topological polar surface area (TPSA) is 76.0 Å². The van der Waals surface area contributed by atoms with Crippen molar-refractivity contribution in [3.8, 4) is 0 Å². The number of rotatable bonds is 2. The lowest BCUT2D eigenvalue weighted by Crippen LogP contribution is -2.43. The van der Waals surface area contributed by atoms with Crippen molar-refractivity contribution in [3.05, 3.63) is 47.2 Å². The monoisotopic (exact) mass is 313 g/mol. The van der Waals surface area contributed by atoms with E-state index in [4.69, 9.17) is 0 Å². The van der Waals surface area contributed by atoms with Crippen molar-refractivity contribution in [2.24, 2.45) is 4.99 Å². The molecule has 1 amide bonds. The molecule has 0 bridgehead atoms. The van der Waals surface area contributed by atoms with Crippen LogP contribution >= 0.6 is 0 Å². The fraction of sp³-hybridized carbons (Fsp3) is 0.214. The highest BCUT2D eigenvalue weighted by Crippen LogP contribution is 2.36. The number of hydrogen-bond donors (Lipinski definition) is 1. The van der Waals surface area contributed by atoms with Crippen LogP contribution in [0.2, 0.25) is 0 Å². The van der Waals surface area contributed by atoms with Gasteiger partial charge in [0.05, 0.1) is 12.7 Å². The van der Waals surface area contributed by atoms with Crippen molar-refractivity contribution in [2.45, 2.75) is 11.6 Å². The van der Waals surface area contributed by atoms with Gasteiger partial charge in [0, 0.05) is 12.3 Å². The summed E-state index contributed by atoms with van der Waals surface area (Å²) in [5, 5.41) is 10.0. The number of aliphatic hydroxyl groups is 1. The molecule has 0 radical (unpaired) electrons. The molecule has 8 heteroatoms. The third kappa shape index (κ3) is 2.47. The van der Waals surface area contributed by atoms with Gasteiger partial charge in [-0.15, -0.1) is 0 Å². The van der Waals surface area contributed by atoms with Gasteiger partial charge in [0.15, 0.2) is 5.41 Å². The minimum absolute atomic E-state index is 0.209. The Morgan fingerprint density at radius 3 is 2.59 bits per heavy atom. The van der Waals surface area contributed by atoms with Crippen LogP contribution in [0.5, 0.6) is 0 Å². The lowest BCUT2D eigenvalue weighted by atomic mass is 9.77. The standard InChI is InChI=1S/C14H10F3NO4/c1-22-12(21)13(7-18-11(20)6-10(13)19)8-3-2-4-9(5-8)14(15,16)17/h2-7,19H,1H3/t13-/m1/s1. The highest BCUT2D eigenvalue weighted by Gasteiger charge is 2.47. The number of alkyl halides is 3. The number of methoxy groups -OCH3 is 1. The van der Waals surface area contributed by atoms with E-state index in [0.29, 0.717) is 12.1 Å². The SMILES string of the molecule is COC(=O)[C@@]1(c2cccc(C(F)(F)F)c2)C=NC(=O)C=C1O. The molecule has 1 N–H and O–H groups in total. The van der Waals surface area contributed by atoms with E-state index in [2.05, 4.69) is 9.73 Å². The minimum atomic E-state index is -4.63. The molecule has 0 aliphatic carbocycles. The normalized spacial score (nSPS) is 21.5. The summed E-state index contributed by atoms with van der Waals surface area (Å²) in [5.41, 5.74) is -3.30. The molecule has 116 valence electrons. The van der Waals surface area contributed by atoms with E-state index in [9.17, 15) is 27.9 Å². The Kier molecular flexibility index (Phi) is 3.78. The van der Waals surface area contributed by atoms with Gasteiger partial charge in [0.1, 0.15) is 5.76 Å². The molecule has 0 aromatic heterocycles. The number of dihydropyridines is 1. The molecule has 0 saturated heterocycles. The first-order chi connectivity index (χ1) is 10.2. The number of carbonyl (C=O) groups is 2. The molecule has 1 aliphatic rings. The van der Waals surface area contributed by atoms with Gasteiger partial charge in [-0.05, 0) is 17.7 Å². The molecule has 22 heavy (non-hydrogen) atoms. The van der Waals surface area contributed by atoms with Gasteiger partial charge in [-0.2, -0.15) is 13.2 Å². The van der Waals surface area contributed by atoms with Crippen LogP contribution in [0.4, 0.5) is 13.2 Å². The van der Waals surface area contributed by atoms with Crippen LogP contribution in [0, 0.1) is 0 Å². The molecular formula is C14H10F3NO4. The molecule has 1 atom stereocenters. The number of hydrogen-bond acceptors (Lipinski definition) is 4. The molecule has 1 aromatic carbocycles. The lowest BCUT2D eigenvalue weighted by molar-refractivity contribution is -0.144. The van der Waals surface area contributed by atoms with Gasteiger partial charge < -0.3 is 9.84 Å². The predicted octanol–water partition coefficient (Wildman–Crippen LogP) is 2.17. The third-order valence-corrected chi connectivity index (χ3v) is 3.20. The number of benzene rings is 1. The quantitative estimate of drug-likeness (QED) is 0.849. The van der Waals surface area contributed by atoms with Crippen molar-refractivity contribution in [3.63, 3.8) is 0 Å². The van der Waals surface area contributed by atoms with E-state index in [1.54, 1.807) is 0 Å². The maximum Gasteiger partial charge on any atom is 0.416 e. The number of amides is 1. The van der Waals surface area contributed by atoms with Gasteiger partial charge >= 0.3 is 12.1 Å². The molecule has 0 fully saturated rings. The van der Waals surface area contributed by atoms with E-state index >= 15 is 0 Å². The Morgan fingerprint density at radius 1 is 1.36 bits per heavy atom. The number of aliphatic hydroxyl groups excluding tert-OH is 1. The number of nitrogens with zero attached hydrogens (tertiary/aromatic N) is 1. The molecule has 0 unspecified atom stereocenters. The van der Waals surface area contributed by atoms with E-state index in [1.807, 2.05) is 0 Å². The molecule has 0 spiro atoms. The lowest BCUT2D eigenvalue weighted by Gasteiger charge is -2.28. The zero-order valence-electron chi connectivity index (χ0n) is 11.2. The number of halogens is 3. The second kappa shape index (κ2) is 5.28. The van der Waals surface area contributed by atoms with E-state index < -0.39 is 34.8 Å². The van der Waals surface area contributed by atoms with Crippen LogP contribution in [0.3, 0.4) is 0 Å². The average Bonchev–Trinajstić information content (AvgIpc) is 2.46. The molecule has 2 rings (SSSR count). The number of carbonyl (C=O) groups excluding carboxylic acids is 2. The summed E-state index contributed by atoms with van der Waals surface area (Å²) in [7, 11) is 1.01. The molecule has 1 heterocycles. The predicted molar refractivity (Wildman–Crippen MR) is 69.3 cm³/mol. The first kappa shape index (κ1) is 15.7. The Labute approximate surface area is 122 Å². The Bertz CT molecular complexity index is 694. The molecular weight excluding hydrogens is 303 g/mol. The first-order valence-corrected chi connectivity index (χ1v) is 5.98. The summed E-state index contributed by atoms with van der Waals surface area (Å²) in [6, 6.07) is 3.81. The number of aliphatic imine (C=N–C) groups is 1. The van der Waals surface area contributed by atoms with Crippen LogP contribution < -0.4 is 0 Å². The molecule has 5 nitrogen and oxygen atoms in total.